The first-order valence-corrected chi connectivity index (χ1v) is 13.0. The van der Waals surface area contributed by atoms with Crippen molar-refractivity contribution in [1.29, 1.82) is 0 Å². The molecule has 198 valence electrons. The van der Waals surface area contributed by atoms with E-state index in [1.807, 2.05) is 0 Å². The molecule has 0 unspecified atom stereocenters. The highest BCUT2D eigenvalue weighted by atomic mass is 32.2. The van der Waals surface area contributed by atoms with Crippen LogP contribution < -0.4 is 11.0 Å². The Labute approximate surface area is 214 Å². The van der Waals surface area contributed by atoms with Gasteiger partial charge < -0.3 is 20.1 Å². The number of likely N-dealkylation sites (tertiary alicyclic amines) is 2. The predicted molar refractivity (Wildman–Crippen MR) is 134 cm³/mol. The number of carbonyl (C=O) groups excluding carboxylic acids is 1. The Balaban J connectivity index is 1.13. The van der Waals surface area contributed by atoms with Crippen LogP contribution >= 0.6 is 11.8 Å². The number of rotatable bonds is 4. The number of anilines is 1. The van der Waals surface area contributed by atoms with Gasteiger partial charge in [-0.05, 0) is 73.8 Å². The van der Waals surface area contributed by atoms with Crippen molar-refractivity contribution >= 4 is 34.5 Å². The lowest BCUT2D eigenvalue weighted by Gasteiger charge is -2.41. The van der Waals surface area contributed by atoms with Crippen molar-refractivity contribution in [2.75, 3.05) is 31.5 Å². The Morgan fingerprint density at radius 1 is 0.973 bits per heavy atom. The fourth-order valence-electron chi connectivity index (χ4n) is 5.37. The first-order valence-electron chi connectivity index (χ1n) is 12.2. The van der Waals surface area contributed by atoms with Crippen molar-refractivity contribution in [3.05, 3.63) is 58.8 Å². The highest BCUT2D eigenvalue weighted by Crippen LogP contribution is 2.37. The average Bonchev–Trinajstić information content (AvgIpc) is 3.18. The highest BCUT2D eigenvalue weighted by molar-refractivity contribution is 8.00. The Morgan fingerprint density at radius 3 is 2.38 bits per heavy atom. The lowest BCUT2D eigenvalue weighted by Crippen LogP contribution is -2.50. The normalized spacial score (nSPS) is 18.4. The molecule has 3 heterocycles. The van der Waals surface area contributed by atoms with E-state index in [0.717, 1.165) is 38.8 Å². The van der Waals surface area contributed by atoms with Crippen LogP contribution in [0.2, 0.25) is 0 Å². The van der Waals surface area contributed by atoms with Crippen molar-refractivity contribution in [2.24, 2.45) is 0 Å². The van der Waals surface area contributed by atoms with Crippen LogP contribution in [0.4, 0.5) is 28.0 Å². The van der Waals surface area contributed by atoms with E-state index >= 15 is 0 Å². The molecule has 2 aromatic carbocycles. The Kier molecular flexibility index (Phi) is 7.21. The number of aromatic nitrogens is 2. The summed E-state index contributed by atoms with van der Waals surface area (Å²) in [4.78, 5) is 32.1. The number of thioether (sulfide) groups is 1. The standard InChI is InChI=1S/C25H27F4N5O2S/c26-16-4-5-21-22(14-16)34(24(36)31-21)19-8-10-32(11-9-19)18-6-12-33(13-7-18)23(35)30-17-2-1-3-20(15-17)37-25(27,28)29/h1-5,14-15,18-19H,6-13H2,(H,30,35)(H,31,36). The number of fused-ring (bicyclic) bond motifs is 1. The quantitative estimate of drug-likeness (QED) is 0.345. The Hall–Kier alpha value is -2.99. The van der Waals surface area contributed by atoms with Crippen molar-refractivity contribution in [2.45, 2.75) is 48.2 Å². The number of nitrogens with one attached hydrogen (secondary N) is 2. The van der Waals surface area contributed by atoms with Crippen molar-refractivity contribution < 1.29 is 22.4 Å². The van der Waals surface area contributed by atoms with Crippen LogP contribution in [0.25, 0.3) is 11.0 Å². The van der Waals surface area contributed by atoms with Gasteiger partial charge in [-0.15, -0.1) is 0 Å². The second kappa shape index (κ2) is 10.4. The van der Waals surface area contributed by atoms with E-state index in [1.165, 1.54) is 30.3 Å². The molecule has 1 aromatic heterocycles. The van der Waals surface area contributed by atoms with Gasteiger partial charge in [0.15, 0.2) is 0 Å². The van der Waals surface area contributed by atoms with Gasteiger partial charge in [0.1, 0.15) is 5.82 Å². The first-order chi connectivity index (χ1) is 17.7. The molecule has 0 spiro atoms. The number of urea groups is 1. The maximum absolute atomic E-state index is 13.8. The maximum atomic E-state index is 13.8. The number of nitrogens with zero attached hydrogens (tertiary/aromatic N) is 3. The maximum Gasteiger partial charge on any atom is 0.446 e. The van der Waals surface area contributed by atoms with E-state index in [0.29, 0.717) is 35.9 Å². The van der Waals surface area contributed by atoms with E-state index < -0.39 is 5.51 Å². The van der Waals surface area contributed by atoms with E-state index in [4.69, 9.17) is 0 Å². The summed E-state index contributed by atoms with van der Waals surface area (Å²) in [6.45, 7) is 2.71. The molecule has 0 bridgehead atoms. The number of hydrogen-bond acceptors (Lipinski definition) is 4. The molecule has 0 saturated carbocycles. The van der Waals surface area contributed by atoms with Crippen molar-refractivity contribution in [1.82, 2.24) is 19.4 Å². The van der Waals surface area contributed by atoms with Gasteiger partial charge in [-0.25, -0.2) is 14.0 Å². The fourth-order valence-corrected chi connectivity index (χ4v) is 5.97. The van der Waals surface area contributed by atoms with Crippen LogP contribution in [-0.2, 0) is 0 Å². The molecule has 2 amide bonds. The third-order valence-corrected chi connectivity index (χ3v) is 7.85. The number of imidazole rings is 1. The molecule has 2 N–H and O–H groups in total. The second-order valence-electron chi connectivity index (χ2n) is 9.45. The smallest absolute Gasteiger partial charge is 0.324 e. The summed E-state index contributed by atoms with van der Waals surface area (Å²) in [7, 11) is 0. The summed E-state index contributed by atoms with van der Waals surface area (Å²) in [5.41, 5.74) is -3.06. The van der Waals surface area contributed by atoms with Crippen LogP contribution in [0.1, 0.15) is 31.7 Å². The van der Waals surface area contributed by atoms with Crippen molar-refractivity contribution in [3.63, 3.8) is 0 Å². The monoisotopic (exact) mass is 537 g/mol. The van der Waals surface area contributed by atoms with E-state index in [-0.39, 0.29) is 40.2 Å². The zero-order valence-corrected chi connectivity index (χ0v) is 20.7. The van der Waals surface area contributed by atoms with E-state index in [2.05, 4.69) is 15.2 Å². The molecule has 5 rings (SSSR count). The van der Waals surface area contributed by atoms with Gasteiger partial charge in [0.05, 0.1) is 11.0 Å². The van der Waals surface area contributed by atoms with Gasteiger partial charge in [-0.3, -0.25) is 4.57 Å². The Morgan fingerprint density at radius 2 is 1.68 bits per heavy atom. The Bertz CT molecular complexity index is 1320. The van der Waals surface area contributed by atoms with Crippen molar-refractivity contribution in [3.8, 4) is 0 Å². The minimum absolute atomic E-state index is 0.00330. The molecule has 0 aliphatic carbocycles. The lowest BCUT2D eigenvalue weighted by atomic mass is 9.97. The summed E-state index contributed by atoms with van der Waals surface area (Å²) in [5.74, 6) is -0.374. The molecule has 2 fully saturated rings. The van der Waals surface area contributed by atoms with Gasteiger partial charge in [0, 0.05) is 48.8 Å². The number of piperidine rings is 2. The number of halogens is 4. The molecule has 0 atom stereocenters. The first kappa shape index (κ1) is 25.7. The molecular weight excluding hydrogens is 510 g/mol. The van der Waals surface area contributed by atoms with Gasteiger partial charge in [0.25, 0.3) is 0 Å². The lowest BCUT2D eigenvalue weighted by molar-refractivity contribution is -0.0328. The fraction of sp³-hybridized carbons (Fsp3) is 0.440. The molecule has 0 radical (unpaired) electrons. The number of H-pyrrole nitrogens is 1. The summed E-state index contributed by atoms with van der Waals surface area (Å²) < 4.78 is 53.4. The molecule has 2 aliphatic rings. The number of aromatic amines is 1. The van der Waals surface area contributed by atoms with Crippen LogP contribution in [0, 0.1) is 5.82 Å². The third-order valence-electron chi connectivity index (χ3n) is 7.13. The molecule has 12 heteroatoms. The number of hydrogen-bond donors (Lipinski definition) is 2. The van der Waals surface area contributed by atoms with Gasteiger partial charge in [0.2, 0.25) is 0 Å². The predicted octanol–water partition coefficient (Wildman–Crippen LogP) is 5.41. The van der Waals surface area contributed by atoms with E-state index in [1.54, 1.807) is 21.6 Å². The van der Waals surface area contributed by atoms with Crippen LogP contribution in [0.15, 0.2) is 52.2 Å². The highest BCUT2D eigenvalue weighted by Gasteiger charge is 2.32. The van der Waals surface area contributed by atoms with Crippen LogP contribution in [0.3, 0.4) is 0 Å². The number of alkyl halides is 3. The molecule has 7 nitrogen and oxygen atoms in total. The minimum Gasteiger partial charge on any atom is -0.324 e. The molecule has 2 saturated heterocycles. The van der Waals surface area contributed by atoms with Crippen LogP contribution in [0.5, 0.6) is 0 Å². The number of carbonyl (C=O) groups is 1. The SMILES string of the molecule is O=C(Nc1cccc(SC(F)(F)F)c1)N1CCC(N2CCC(n3c(=O)[nH]c4ccc(F)cc43)CC2)CC1. The molecule has 3 aromatic rings. The third kappa shape index (κ3) is 5.96. The van der Waals surface area contributed by atoms with Gasteiger partial charge in [-0.2, -0.15) is 13.2 Å². The summed E-state index contributed by atoms with van der Waals surface area (Å²) in [5, 5.41) is 2.71. The average molecular weight is 538 g/mol. The number of benzene rings is 2. The van der Waals surface area contributed by atoms with Crippen LogP contribution in [-0.4, -0.2) is 63.1 Å². The molecule has 2 aliphatic heterocycles. The number of amides is 2. The van der Waals surface area contributed by atoms with Gasteiger partial charge >= 0.3 is 17.2 Å². The van der Waals surface area contributed by atoms with E-state index in [9.17, 15) is 27.2 Å². The van der Waals surface area contributed by atoms with Gasteiger partial charge in [-0.1, -0.05) is 6.07 Å². The largest absolute Gasteiger partial charge is 0.446 e. The topological polar surface area (TPSA) is 73.4 Å². The summed E-state index contributed by atoms with van der Waals surface area (Å²) in [6.07, 6.45) is 3.13. The second-order valence-corrected chi connectivity index (χ2v) is 10.6. The zero-order valence-electron chi connectivity index (χ0n) is 19.9. The summed E-state index contributed by atoms with van der Waals surface area (Å²) >= 11 is -0.213. The minimum atomic E-state index is -4.39. The molecular formula is C25H27F4N5O2S. The zero-order chi connectivity index (χ0) is 26.2. The summed E-state index contributed by atoms with van der Waals surface area (Å²) in [6, 6.07) is 10.0. The molecule has 37 heavy (non-hydrogen) atoms.